The standard InChI is InChI=1S/C10H12N4O2/c1-3-8(15)6(2)7-4-5-9-11-12-10(16)14(9)13-7/h4-6H,3H2,1-2H3,(H,12,16). The van der Waals surface area contributed by atoms with Gasteiger partial charge in [0.2, 0.25) is 0 Å². The van der Waals surface area contributed by atoms with E-state index in [2.05, 4.69) is 15.3 Å². The maximum absolute atomic E-state index is 11.5. The van der Waals surface area contributed by atoms with Crippen LogP contribution in [-0.2, 0) is 4.79 Å². The van der Waals surface area contributed by atoms with Crippen molar-refractivity contribution in [3.8, 4) is 0 Å². The van der Waals surface area contributed by atoms with Gasteiger partial charge in [0.25, 0.3) is 0 Å². The lowest BCUT2D eigenvalue weighted by Gasteiger charge is -2.07. The van der Waals surface area contributed by atoms with Crippen molar-refractivity contribution in [1.29, 1.82) is 0 Å². The molecule has 0 spiro atoms. The van der Waals surface area contributed by atoms with Crippen LogP contribution in [0, 0.1) is 0 Å². The first-order valence-electron chi connectivity index (χ1n) is 5.10. The Morgan fingerprint density at radius 2 is 2.31 bits per heavy atom. The van der Waals surface area contributed by atoms with Crippen molar-refractivity contribution < 1.29 is 4.79 Å². The Bertz CT molecular complexity index is 584. The molecule has 1 N–H and O–H groups in total. The lowest BCUT2D eigenvalue weighted by atomic mass is 10.0. The van der Waals surface area contributed by atoms with Gasteiger partial charge in [-0.2, -0.15) is 14.7 Å². The van der Waals surface area contributed by atoms with Gasteiger partial charge < -0.3 is 0 Å². The van der Waals surface area contributed by atoms with Crippen molar-refractivity contribution in [3.63, 3.8) is 0 Å². The Morgan fingerprint density at radius 3 is 3.00 bits per heavy atom. The molecule has 0 saturated carbocycles. The molecule has 2 rings (SSSR count). The van der Waals surface area contributed by atoms with E-state index in [9.17, 15) is 9.59 Å². The van der Waals surface area contributed by atoms with Crippen LogP contribution in [0.5, 0.6) is 0 Å². The van der Waals surface area contributed by atoms with Crippen molar-refractivity contribution in [2.24, 2.45) is 0 Å². The summed E-state index contributed by atoms with van der Waals surface area (Å²) < 4.78 is 1.16. The maximum Gasteiger partial charge on any atom is 0.364 e. The monoisotopic (exact) mass is 220 g/mol. The molecular weight excluding hydrogens is 208 g/mol. The van der Waals surface area contributed by atoms with E-state index in [0.29, 0.717) is 17.8 Å². The lowest BCUT2D eigenvalue weighted by Crippen LogP contribution is -2.16. The Balaban J connectivity index is 2.50. The number of ketones is 1. The molecule has 84 valence electrons. The summed E-state index contributed by atoms with van der Waals surface area (Å²) in [6, 6.07) is 3.38. The number of Topliss-reactive ketones (excluding diaryl/α,β-unsaturated/α-hetero) is 1. The normalized spacial score (nSPS) is 12.9. The number of nitrogens with zero attached hydrogens (tertiary/aromatic N) is 3. The molecule has 0 amide bonds. The second kappa shape index (κ2) is 3.88. The summed E-state index contributed by atoms with van der Waals surface area (Å²) in [7, 11) is 0. The highest BCUT2D eigenvalue weighted by Crippen LogP contribution is 2.14. The number of carbonyl (C=O) groups is 1. The summed E-state index contributed by atoms with van der Waals surface area (Å²) >= 11 is 0. The summed E-state index contributed by atoms with van der Waals surface area (Å²) in [5, 5.41) is 10.2. The fourth-order valence-electron chi connectivity index (χ4n) is 1.52. The number of carbonyl (C=O) groups excluding carboxylic acids is 1. The summed E-state index contributed by atoms with van der Waals surface area (Å²) in [4.78, 5) is 22.8. The Labute approximate surface area is 91.3 Å². The van der Waals surface area contributed by atoms with Crippen LogP contribution in [0.1, 0.15) is 31.9 Å². The fraction of sp³-hybridized carbons (Fsp3) is 0.400. The van der Waals surface area contributed by atoms with Gasteiger partial charge in [-0.1, -0.05) is 6.92 Å². The molecule has 0 aromatic carbocycles. The van der Waals surface area contributed by atoms with Crippen LogP contribution in [-0.4, -0.2) is 25.6 Å². The van der Waals surface area contributed by atoms with E-state index in [0.717, 1.165) is 4.52 Å². The molecule has 0 radical (unpaired) electrons. The van der Waals surface area contributed by atoms with E-state index in [1.807, 2.05) is 0 Å². The summed E-state index contributed by atoms with van der Waals surface area (Å²) in [5.74, 6) is -0.195. The van der Waals surface area contributed by atoms with Gasteiger partial charge in [0.05, 0.1) is 11.6 Å². The van der Waals surface area contributed by atoms with Gasteiger partial charge in [0.15, 0.2) is 5.65 Å². The quantitative estimate of drug-likeness (QED) is 0.816. The summed E-state index contributed by atoms with van der Waals surface area (Å²) in [6.45, 7) is 3.59. The minimum atomic E-state index is -0.395. The zero-order valence-corrected chi connectivity index (χ0v) is 9.10. The first-order chi connectivity index (χ1) is 7.63. The molecule has 0 aliphatic heterocycles. The van der Waals surface area contributed by atoms with Crippen LogP contribution in [0.25, 0.3) is 5.65 Å². The van der Waals surface area contributed by atoms with E-state index < -0.39 is 5.69 Å². The van der Waals surface area contributed by atoms with Crippen molar-refractivity contribution in [2.45, 2.75) is 26.2 Å². The smallest absolute Gasteiger partial charge is 0.299 e. The topological polar surface area (TPSA) is 80.1 Å². The third-order valence-corrected chi connectivity index (χ3v) is 2.57. The predicted octanol–water partition coefficient (Wildman–Crippen LogP) is 0.500. The molecule has 0 aliphatic rings. The van der Waals surface area contributed by atoms with Crippen LogP contribution >= 0.6 is 0 Å². The molecule has 6 nitrogen and oxygen atoms in total. The molecule has 1 unspecified atom stereocenters. The summed E-state index contributed by atoms with van der Waals surface area (Å²) in [6.07, 6.45) is 0.459. The van der Waals surface area contributed by atoms with Crippen molar-refractivity contribution >= 4 is 11.4 Å². The minimum absolute atomic E-state index is 0.100. The van der Waals surface area contributed by atoms with E-state index in [4.69, 9.17) is 0 Å². The first-order valence-corrected chi connectivity index (χ1v) is 5.10. The average Bonchev–Trinajstić information content (AvgIpc) is 2.68. The maximum atomic E-state index is 11.5. The molecule has 2 heterocycles. The molecule has 0 bridgehead atoms. The van der Waals surface area contributed by atoms with E-state index >= 15 is 0 Å². The highest BCUT2D eigenvalue weighted by Gasteiger charge is 2.15. The van der Waals surface area contributed by atoms with Gasteiger partial charge in [-0.05, 0) is 19.1 Å². The highest BCUT2D eigenvalue weighted by molar-refractivity contribution is 5.84. The van der Waals surface area contributed by atoms with Crippen LogP contribution in [0.2, 0.25) is 0 Å². The minimum Gasteiger partial charge on any atom is -0.299 e. The lowest BCUT2D eigenvalue weighted by molar-refractivity contribution is -0.119. The first kappa shape index (κ1) is 10.5. The number of hydrogen-bond acceptors (Lipinski definition) is 4. The molecule has 6 heteroatoms. The van der Waals surface area contributed by atoms with Crippen LogP contribution < -0.4 is 5.69 Å². The van der Waals surface area contributed by atoms with Gasteiger partial charge in [-0.25, -0.2) is 9.89 Å². The van der Waals surface area contributed by atoms with Gasteiger partial charge in [-0.15, -0.1) is 0 Å². The Kier molecular flexibility index (Phi) is 2.55. The second-order valence-electron chi connectivity index (χ2n) is 3.60. The third-order valence-electron chi connectivity index (χ3n) is 2.57. The second-order valence-corrected chi connectivity index (χ2v) is 3.60. The zero-order valence-electron chi connectivity index (χ0n) is 9.10. The molecule has 2 aromatic heterocycles. The molecule has 0 aliphatic carbocycles. The third kappa shape index (κ3) is 1.62. The highest BCUT2D eigenvalue weighted by atomic mass is 16.2. The van der Waals surface area contributed by atoms with E-state index in [1.165, 1.54) is 0 Å². The summed E-state index contributed by atoms with van der Waals surface area (Å²) in [5.41, 5.74) is 0.640. The van der Waals surface area contributed by atoms with Crippen LogP contribution in [0.15, 0.2) is 16.9 Å². The largest absolute Gasteiger partial charge is 0.364 e. The Morgan fingerprint density at radius 1 is 1.56 bits per heavy atom. The SMILES string of the molecule is CCC(=O)C(C)c1ccc2n[nH]c(=O)n2n1. The van der Waals surface area contributed by atoms with E-state index in [1.54, 1.807) is 26.0 Å². The number of fused-ring (bicyclic) bond motifs is 1. The van der Waals surface area contributed by atoms with Crippen LogP contribution in [0.4, 0.5) is 0 Å². The Hall–Kier alpha value is -1.98. The van der Waals surface area contributed by atoms with Gasteiger partial charge in [0, 0.05) is 6.42 Å². The number of aromatic amines is 1. The van der Waals surface area contributed by atoms with Crippen LogP contribution in [0.3, 0.4) is 0 Å². The van der Waals surface area contributed by atoms with Gasteiger partial charge >= 0.3 is 5.69 Å². The van der Waals surface area contributed by atoms with Crippen molar-refractivity contribution in [2.75, 3.05) is 0 Å². The molecule has 1 atom stereocenters. The zero-order chi connectivity index (χ0) is 11.7. The number of rotatable bonds is 3. The number of hydrogen-bond donors (Lipinski definition) is 1. The fourth-order valence-corrected chi connectivity index (χ4v) is 1.52. The molecule has 0 saturated heterocycles. The number of H-pyrrole nitrogens is 1. The molecular formula is C10H12N4O2. The van der Waals surface area contributed by atoms with Crippen molar-refractivity contribution in [3.05, 3.63) is 28.3 Å². The van der Waals surface area contributed by atoms with E-state index in [-0.39, 0.29) is 11.7 Å². The van der Waals surface area contributed by atoms with Crippen molar-refractivity contribution in [1.82, 2.24) is 19.8 Å². The molecule has 2 aromatic rings. The average molecular weight is 220 g/mol. The molecule has 16 heavy (non-hydrogen) atoms. The predicted molar refractivity (Wildman–Crippen MR) is 57.3 cm³/mol. The van der Waals surface area contributed by atoms with Gasteiger partial charge in [-0.3, -0.25) is 4.79 Å². The number of aromatic nitrogens is 4. The van der Waals surface area contributed by atoms with Gasteiger partial charge in [0.1, 0.15) is 5.78 Å². The molecule has 0 fully saturated rings. The number of nitrogens with one attached hydrogen (secondary N) is 1.